The zero-order valence-corrected chi connectivity index (χ0v) is 7.98. The Bertz CT molecular complexity index is 175. The summed E-state index contributed by atoms with van der Waals surface area (Å²) in [6.45, 7) is 2.42. The molecular formula is C9H17FN2O. The molecule has 3 nitrogen and oxygen atoms in total. The van der Waals surface area contributed by atoms with Crippen molar-refractivity contribution < 1.29 is 9.18 Å². The molecule has 0 aromatic heterocycles. The molecule has 2 amide bonds. The smallest absolute Gasteiger partial charge is 0.315 e. The SMILES string of the molecule is CCNC(=O)N[C@@H]1CCCC[C@H]1F. The van der Waals surface area contributed by atoms with E-state index in [1.807, 2.05) is 6.92 Å². The highest BCUT2D eigenvalue weighted by atomic mass is 19.1. The van der Waals surface area contributed by atoms with Gasteiger partial charge in [0.05, 0.1) is 6.04 Å². The van der Waals surface area contributed by atoms with Gasteiger partial charge >= 0.3 is 6.03 Å². The maximum atomic E-state index is 13.2. The summed E-state index contributed by atoms with van der Waals surface area (Å²) in [6, 6.07) is -0.530. The average Bonchev–Trinajstić information content (AvgIpc) is 2.09. The second-order valence-corrected chi connectivity index (χ2v) is 3.41. The monoisotopic (exact) mass is 188 g/mol. The Labute approximate surface area is 78.1 Å². The lowest BCUT2D eigenvalue weighted by molar-refractivity contribution is 0.183. The van der Waals surface area contributed by atoms with Gasteiger partial charge in [-0.25, -0.2) is 9.18 Å². The van der Waals surface area contributed by atoms with E-state index in [1.165, 1.54) is 0 Å². The fourth-order valence-corrected chi connectivity index (χ4v) is 1.63. The number of halogens is 1. The van der Waals surface area contributed by atoms with Crippen molar-refractivity contribution >= 4 is 6.03 Å². The first-order valence-electron chi connectivity index (χ1n) is 4.92. The quantitative estimate of drug-likeness (QED) is 0.678. The minimum atomic E-state index is -0.864. The normalized spacial score (nSPS) is 28.2. The lowest BCUT2D eigenvalue weighted by atomic mass is 9.94. The van der Waals surface area contributed by atoms with E-state index in [1.54, 1.807) is 0 Å². The molecule has 1 rings (SSSR count). The highest BCUT2D eigenvalue weighted by Crippen LogP contribution is 2.20. The molecule has 2 atom stereocenters. The van der Waals surface area contributed by atoms with Gasteiger partial charge in [-0.05, 0) is 19.8 Å². The van der Waals surface area contributed by atoms with Gasteiger partial charge in [-0.1, -0.05) is 12.8 Å². The van der Waals surface area contributed by atoms with Crippen molar-refractivity contribution in [2.24, 2.45) is 0 Å². The Hall–Kier alpha value is -0.800. The Balaban J connectivity index is 2.29. The van der Waals surface area contributed by atoms with Crippen LogP contribution in [0.25, 0.3) is 0 Å². The molecule has 1 aliphatic rings. The maximum Gasteiger partial charge on any atom is 0.315 e. The molecule has 13 heavy (non-hydrogen) atoms. The van der Waals surface area contributed by atoms with E-state index < -0.39 is 6.17 Å². The minimum absolute atomic E-state index is 0.253. The van der Waals surface area contributed by atoms with Crippen LogP contribution in [0.4, 0.5) is 9.18 Å². The molecule has 0 heterocycles. The second-order valence-electron chi connectivity index (χ2n) is 3.41. The molecule has 0 bridgehead atoms. The van der Waals surface area contributed by atoms with Gasteiger partial charge in [0.15, 0.2) is 0 Å². The average molecular weight is 188 g/mol. The van der Waals surface area contributed by atoms with Crippen molar-refractivity contribution in [3.05, 3.63) is 0 Å². The predicted molar refractivity (Wildman–Crippen MR) is 49.4 cm³/mol. The van der Waals surface area contributed by atoms with Crippen molar-refractivity contribution in [2.45, 2.75) is 44.8 Å². The Morgan fingerprint density at radius 2 is 2.15 bits per heavy atom. The number of nitrogens with one attached hydrogen (secondary N) is 2. The van der Waals surface area contributed by atoms with E-state index in [2.05, 4.69) is 10.6 Å². The van der Waals surface area contributed by atoms with Gasteiger partial charge in [0.1, 0.15) is 6.17 Å². The number of hydrogen-bond acceptors (Lipinski definition) is 1. The Morgan fingerprint density at radius 1 is 1.46 bits per heavy atom. The zero-order valence-electron chi connectivity index (χ0n) is 7.98. The van der Waals surface area contributed by atoms with E-state index >= 15 is 0 Å². The van der Waals surface area contributed by atoms with Crippen LogP contribution in [-0.2, 0) is 0 Å². The van der Waals surface area contributed by atoms with Crippen LogP contribution in [0.15, 0.2) is 0 Å². The second kappa shape index (κ2) is 5.04. The van der Waals surface area contributed by atoms with Crippen LogP contribution in [-0.4, -0.2) is 24.8 Å². The fraction of sp³-hybridized carbons (Fsp3) is 0.889. The molecule has 0 saturated heterocycles. The molecule has 0 aliphatic heterocycles. The first-order valence-corrected chi connectivity index (χ1v) is 4.92. The Kier molecular flexibility index (Phi) is 3.99. The first kappa shape index (κ1) is 10.3. The molecule has 0 aromatic rings. The van der Waals surface area contributed by atoms with Crippen LogP contribution in [0.3, 0.4) is 0 Å². The number of amides is 2. The number of hydrogen-bond donors (Lipinski definition) is 2. The third-order valence-corrected chi connectivity index (χ3v) is 2.34. The van der Waals surface area contributed by atoms with Crippen molar-refractivity contribution in [2.75, 3.05) is 6.54 Å². The highest BCUT2D eigenvalue weighted by Gasteiger charge is 2.25. The zero-order chi connectivity index (χ0) is 9.68. The molecule has 0 spiro atoms. The number of rotatable bonds is 2. The summed E-state index contributed by atoms with van der Waals surface area (Å²) in [4.78, 5) is 11.1. The van der Waals surface area contributed by atoms with Crippen LogP contribution in [0.1, 0.15) is 32.6 Å². The van der Waals surface area contributed by atoms with Crippen LogP contribution in [0, 0.1) is 0 Å². The summed E-state index contributed by atoms with van der Waals surface area (Å²) in [5, 5.41) is 5.24. The predicted octanol–water partition coefficient (Wildman–Crippen LogP) is 1.59. The van der Waals surface area contributed by atoms with Crippen LogP contribution >= 0.6 is 0 Å². The lowest BCUT2D eigenvalue weighted by Crippen LogP contribution is -2.47. The summed E-state index contributed by atoms with van der Waals surface area (Å²) in [6.07, 6.45) is 2.43. The number of urea groups is 1. The van der Waals surface area contributed by atoms with Gasteiger partial charge in [0, 0.05) is 6.54 Å². The van der Waals surface area contributed by atoms with Gasteiger partial charge < -0.3 is 10.6 Å². The van der Waals surface area contributed by atoms with Crippen molar-refractivity contribution in [3.63, 3.8) is 0 Å². The lowest BCUT2D eigenvalue weighted by Gasteiger charge is -2.26. The molecule has 1 aliphatic carbocycles. The highest BCUT2D eigenvalue weighted by molar-refractivity contribution is 5.74. The summed E-state index contributed by atoms with van der Waals surface area (Å²) >= 11 is 0. The Morgan fingerprint density at radius 3 is 2.77 bits per heavy atom. The van der Waals surface area contributed by atoms with Gasteiger partial charge in [-0.3, -0.25) is 0 Å². The minimum Gasteiger partial charge on any atom is -0.338 e. The van der Waals surface area contributed by atoms with Crippen molar-refractivity contribution in [1.29, 1.82) is 0 Å². The third-order valence-electron chi connectivity index (χ3n) is 2.34. The van der Waals surface area contributed by atoms with E-state index in [-0.39, 0.29) is 12.1 Å². The van der Waals surface area contributed by atoms with Crippen molar-refractivity contribution in [1.82, 2.24) is 10.6 Å². The molecule has 0 radical (unpaired) electrons. The number of carbonyl (C=O) groups is 1. The summed E-state index contributed by atoms with van der Waals surface area (Å²) < 4.78 is 13.2. The van der Waals surface area contributed by atoms with E-state index in [0.29, 0.717) is 13.0 Å². The van der Waals surface area contributed by atoms with Crippen LogP contribution in [0.5, 0.6) is 0 Å². The molecule has 1 saturated carbocycles. The largest absolute Gasteiger partial charge is 0.338 e. The van der Waals surface area contributed by atoms with E-state index in [9.17, 15) is 9.18 Å². The summed E-state index contributed by atoms with van der Waals surface area (Å²) in [7, 11) is 0. The molecule has 0 aromatic carbocycles. The number of carbonyl (C=O) groups excluding carboxylic acids is 1. The molecule has 4 heteroatoms. The standard InChI is InChI=1S/C9H17FN2O/c1-2-11-9(13)12-8-6-4-3-5-7(8)10/h7-8H,2-6H2,1H3,(H2,11,12,13)/t7-,8-/m1/s1. The first-order chi connectivity index (χ1) is 6.24. The van der Waals surface area contributed by atoms with Gasteiger partial charge in [0.25, 0.3) is 0 Å². The molecule has 2 N–H and O–H groups in total. The third kappa shape index (κ3) is 3.20. The van der Waals surface area contributed by atoms with Crippen LogP contribution < -0.4 is 10.6 Å². The molecule has 1 fully saturated rings. The molecule has 76 valence electrons. The fourth-order valence-electron chi connectivity index (χ4n) is 1.63. The maximum absolute atomic E-state index is 13.2. The topological polar surface area (TPSA) is 41.1 Å². The van der Waals surface area contributed by atoms with E-state index in [0.717, 1.165) is 19.3 Å². The molecule has 0 unspecified atom stereocenters. The van der Waals surface area contributed by atoms with Crippen molar-refractivity contribution in [3.8, 4) is 0 Å². The van der Waals surface area contributed by atoms with Gasteiger partial charge in [0.2, 0.25) is 0 Å². The summed E-state index contributed by atoms with van der Waals surface area (Å²) in [5.41, 5.74) is 0. The van der Waals surface area contributed by atoms with Gasteiger partial charge in [-0.15, -0.1) is 0 Å². The molecular weight excluding hydrogens is 171 g/mol. The van der Waals surface area contributed by atoms with Crippen LogP contribution in [0.2, 0.25) is 0 Å². The van der Waals surface area contributed by atoms with E-state index in [4.69, 9.17) is 0 Å². The van der Waals surface area contributed by atoms with Gasteiger partial charge in [-0.2, -0.15) is 0 Å². The number of alkyl halides is 1. The summed E-state index contributed by atoms with van der Waals surface area (Å²) in [5.74, 6) is 0.